The van der Waals surface area contributed by atoms with Crippen molar-refractivity contribution in [3.63, 3.8) is 0 Å². The van der Waals surface area contributed by atoms with Gasteiger partial charge >= 0.3 is 0 Å². The van der Waals surface area contributed by atoms with Gasteiger partial charge in [0.15, 0.2) is 0 Å². The van der Waals surface area contributed by atoms with Gasteiger partial charge in [-0.15, -0.1) is 0 Å². The molecule has 0 saturated carbocycles. The Bertz CT molecular complexity index is 481. The van der Waals surface area contributed by atoms with Crippen molar-refractivity contribution in [2.75, 3.05) is 5.73 Å². The average Bonchev–Trinajstić information content (AvgIpc) is 2.25. The standard InChI is InChI=1S/C13H20N2O3Si/c1-12(2,3)19-18-13(4,5)11-9(14)7-6-8-10(11)15(16)17/h6-8H,14H2,1-5H3. The van der Waals surface area contributed by atoms with E-state index in [0.29, 0.717) is 11.3 Å². The van der Waals surface area contributed by atoms with Crippen LogP contribution in [-0.2, 0) is 10.0 Å². The van der Waals surface area contributed by atoms with Crippen LogP contribution >= 0.6 is 0 Å². The van der Waals surface area contributed by atoms with Gasteiger partial charge in [-0.05, 0) is 25.0 Å². The highest BCUT2D eigenvalue weighted by Gasteiger charge is 2.33. The SMILES string of the molecule is CC(C)(C)[Si]OC(C)(C)c1c(N)cccc1[N+](=O)[O-]. The quantitative estimate of drug-likeness (QED) is 0.397. The summed E-state index contributed by atoms with van der Waals surface area (Å²) in [5.74, 6) is 0. The number of nitro benzene ring substituents is 1. The molecule has 0 aromatic heterocycles. The van der Waals surface area contributed by atoms with Gasteiger partial charge in [0.25, 0.3) is 5.69 Å². The summed E-state index contributed by atoms with van der Waals surface area (Å²) in [6.45, 7) is 9.80. The molecule has 104 valence electrons. The van der Waals surface area contributed by atoms with Crippen LogP contribution in [0.5, 0.6) is 0 Å². The third-order valence-electron chi connectivity index (χ3n) is 2.49. The predicted molar refractivity (Wildman–Crippen MR) is 77.1 cm³/mol. The van der Waals surface area contributed by atoms with E-state index in [9.17, 15) is 10.1 Å². The van der Waals surface area contributed by atoms with Gasteiger partial charge in [0, 0.05) is 11.8 Å². The third kappa shape index (κ3) is 4.04. The summed E-state index contributed by atoms with van der Waals surface area (Å²) < 4.78 is 5.89. The Hall–Kier alpha value is -1.40. The van der Waals surface area contributed by atoms with Gasteiger partial charge in [-0.1, -0.05) is 26.8 Å². The number of anilines is 1. The highest BCUT2D eigenvalue weighted by Crippen LogP contribution is 2.38. The van der Waals surface area contributed by atoms with E-state index in [4.69, 9.17) is 10.2 Å². The number of rotatable bonds is 4. The molecule has 0 aliphatic rings. The highest BCUT2D eigenvalue weighted by molar-refractivity contribution is 6.31. The minimum atomic E-state index is -0.792. The molecule has 0 fully saturated rings. The zero-order valence-electron chi connectivity index (χ0n) is 12.0. The van der Waals surface area contributed by atoms with E-state index < -0.39 is 10.5 Å². The Kier molecular flexibility index (Phi) is 4.37. The fourth-order valence-electron chi connectivity index (χ4n) is 1.70. The molecule has 19 heavy (non-hydrogen) atoms. The normalized spacial score (nSPS) is 12.5. The van der Waals surface area contributed by atoms with Crippen molar-refractivity contribution in [3.8, 4) is 0 Å². The summed E-state index contributed by atoms with van der Waals surface area (Å²) in [5, 5.41) is 11.1. The van der Waals surface area contributed by atoms with Gasteiger partial charge in [0.2, 0.25) is 9.76 Å². The molecule has 0 spiro atoms. The first-order valence-electron chi connectivity index (χ1n) is 6.03. The van der Waals surface area contributed by atoms with Crippen LogP contribution in [0.2, 0.25) is 5.04 Å². The monoisotopic (exact) mass is 280 g/mol. The molecule has 1 aromatic rings. The maximum absolute atomic E-state index is 11.1. The molecule has 0 aliphatic carbocycles. The van der Waals surface area contributed by atoms with Crippen LogP contribution in [-0.4, -0.2) is 14.7 Å². The fraction of sp³-hybridized carbons (Fsp3) is 0.538. The molecule has 1 rings (SSSR count). The first kappa shape index (κ1) is 15.7. The smallest absolute Gasteiger partial charge is 0.277 e. The number of hydrogen-bond acceptors (Lipinski definition) is 4. The second-order valence-corrected chi connectivity index (χ2v) is 7.87. The van der Waals surface area contributed by atoms with E-state index in [1.807, 2.05) is 13.8 Å². The summed E-state index contributed by atoms with van der Waals surface area (Å²) in [4.78, 5) is 10.7. The van der Waals surface area contributed by atoms with Crippen molar-refractivity contribution in [3.05, 3.63) is 33.9 Å². The predicted octanol–water partition coefficient (Wildman–Crippen LogP) is 3.27. The van der Waals surface area contributed by atoms with Crippen LogP contribution < -0.4 is 5.73 Å². The van der Waals surface area contributed by atoms with Crippen LogP contribution in [0.4, 0.5) is 11.4 Å². The van der Waals surface area contributed by atoms with Crippen LogP contribution in [0.15, 0.2) is 18.2 Å². The van der Waals surface area contributed by atoms with Gasteiger partial charge in [-0.25, -0.2) is 0 Å². The van der Waals surface area contributed by atoms with Crippen molar-refractivity contribution in [1.82, 2.24) is 0 Å². The van der Waals surface area contributed by atoms with E-state index >= 15 is 0 Å². The summed E-state index contributed by atoms with van der Waals surface area (Å²) in [6, 6.07) is 4.70. The van der Waals surface area contributed by atoms with E-state index in [1.165, 1.54) is 6.07 Å². The van der Waals surface area contributed by atoms with E-state index in [2.05, 4.69) is 20.8 Å². The molecule has 2 radical (unpaired) electrons. The Morgan fingerprint density at radius 1 is 1.26 bits per heavy atom. The Balaban J connectivity index is 3.16. The first-order chi connectivity index (χ1) is 8.54. The summed E-state index contributed by atoms with van der Waals surface area (Å²) in [6.07, 6.45) is 0. The number of nitrogens with two attached hydrogens (primary N) is 1. The topological polar surface area (TPSA) is 78.4 Å². The molecule has 0 saturated heterocycles. The minimum absolute atomic E-state index is 0.00343. The molecular weight excluding hydrogens is 260 g/mol. The van der Waals surface area contributed by atoms with Gasteiger partial charge in [-0.2, -0.15) is 0 Å². The van der Waals surface area contributed by atoms with Crippen LogP contribution in [0.25, 0.3) is 0 Å². The molecule has 1 aromatic carbocycles. The molecule has 0 amide bonds. The highest BCUT2D eigenvalue weighted by atomic mass is 28.2. The summed E-state index contributed by atoms with van der Waals surface area (Å²) >= 11 is 0. The number of nitro groups is 1. The average molecular weight is 280 g/mol. The van der Waals surface area contributed by atoms with E-state index in [1.54, 1.807) is 12.1 Å². The van der Waals surface area contributed by atoms with Gasteiger partial charge in [0.05, 0.1) is 16.1 Å². The van der Waals surface area contributed by atoms with Crippen LogP contribution in [0, 0.1) is 10.1 Å². The number of nitrogens with zero attached hydrogens (tertiary/aromatic N) is 1. The Labute approximate surface area is 116 Å². The Morgan fingerprint density at radius 2 is 1.84 bits per heavy atom. The summed E-state index contributed by atoms with van der Waals surface area (Å²) in [5.41, 5.74) is 5.94. The zero-order valence-corrected chi connectivity index (χ0v) is 13.0. The van der Waals surface area contributed by atoms with E-state index in [-0.39, 0.29) is 20.5 Å². The lowest BCUT2D eigenvalue weighted by atomic mass is 9.95. The largest absolute Gasteiger partial charge is 0.408 e. The zero-order chi connectivity index (χ0) is 14.8. The van der Waals surface area contributed by atoms with Crippen LogP contribution in [0.1, 0.15) is 40.2 Å². The van der Waals surface area contributed by atoms with Crippen molar-refractivity contribution in [2.45, 2.75) is 45.3 Å². The third-order valence-corrected chi connectivity index (χ3v) is 3.71. The summed E-state index contributed by atoms with van der Waals surface area (Å²) in [7, 11) is 0.227. The first-order valence-corrected chi connectivity index (χ1v) is 6.94. The van der Waals surface area contributed by atoms with Crippen LogP contribution in [0.3, 0.4) is 0 Å². The van der Waals surface area contributed by atoms with Crippen molar-refractivity contribution in [2.24, 2.45) is 0 Å². The van der Waals surface area contributed by atoms with Gasteiger partial charge < -0.3 is 10.2 Å². The molecule has 0 bridgehead atoms. The number of benzene rings is 1. The maximum atomic E-state index is 11.1. The lowest BCUT2D eigenvalue weighted by molar-refractivity contribution is -0.386. The number of nitrogen functional groups attached to an aromatic ring is 1. The van der Waals surface area contributed by atoms with Gasteiger partial charge in [0.1, 0.15) is 0 Å². The molecule has 0 atom stereocenters. The molecule has 0 aliphatic heterocycles. The second-order valence-electron chi connectivity index (χ2n) is 5.96. The van der Waals surface area contributed by atoms with E-state index in [0.717, 1.165) is 0 Å². The minimum Gasteiger partial charge on any atom is -0.408 e. The fourth-order valence-corrected chi connectivity index (χ4v) is 2.36. The lowest BCUT2D eigenvalue weighted by Gasteiger charge is -2.30. The molecular formula is C13H20N2O3Si. The molecule has 0 unspecified atom stereocenters. The molecule has 0 heterocycles. The molecule has 2 N–H and O–H groups in total. The number of hydrogen-bond donors (Lipinski definition) is 1. The Morgan fingerprint density at radius 3 is 2.32 bits per heavy atom. The van der Waals surface area contributed by atoms with Crippen molar-refractivity contribution >= 4 is 21.1 Å². The van der Waals surface area contributed by atoms with Crippen molar-refractivity contribution in [1.29, 1.82) is 0 Å². The molecule has 5 nitrogen and oxygen atoms in total. The lowest BCUT2D eigenvalue weighted by Crippen LogP contribution is -2.29. The molecule has 6 heteroatoms. The second kappa shape index (κ2) is 5.30. The van der Waals surface area contributed by atoms with Gasteiger partial charge in [-0.3, -0.25) is 10.1 Å². The maximum Gasteiger partial charge on any atom is 0.277 e. The van der Waals surface area contributed by atoms with Crippen molar-refractivity contribution < 1.29 is 9.35 Å².